The molecule has 0 spiro atoms. The lowest BCUT2D eigenvalue weighted by Crippen LogP contribution is -2.33. The molecular formula is C10H14IN5O11P2. The number of anilines is 1. The summed E-state index contributed by atoms with van der Waals surface area (Å²) in [7, 11) is -10.5. The summed E-state index contributed by atoms with van der Waals surface area (Å²) in [6.07, 6.45) is -6.02. The number of rotatable bonds is 6. The van der Waals surface area contributed by atoms with Gasteiger partial charge >= 0.3 is 15.6 Å². The molecule has 0 aliphatic carbocycles. The molecule has 1 aliphatic heterocycles. The molecule has 1 aliphatic rings. The number of hydrogen-bond acceptors (Lipinski definition) is 11. The molecule has 0 saturated carbocycles. The molecular weight excluding hydrogens is 555 g/mol. The molecule has 1 saturated heterocycles. The first-order valence-corrected chi connectivity index (χ1v) is 11.6. The van der Waals surface area contributed by atoms with Gasteiger partial charge in [-0.25, -0.2) is 14.1 Å². The minimum atomic E-state index is -5.33. The smallest absolute Gasteiger partial charge is 0.387 e. The van der Waals surface area contributed by atoms with Gasteiger partial charge in [0.1, 0.15) is 18.3 Å². The number of nitrogens with zero attached hydrogens (tertiary/aromatic N) is 3. The van der Waals surface area contributed by atoms with E-state index in [0.29, 0.717) is 0 Å². The van der Waals surface area contributed by atoms with Gasteiger partial charge in [0, 0.05) is 22.6 Å². The van der Waals surface area contributed by atoms with Crippen LogP contribution >= 0.6 is 38.2 Å². The normalized spacial score (nSPS) is 27.4. The van der Waals surface area contributed by atoms with Crippen molar-refractivity contribution in [1.29, 1.82) is 0 Å². The molecule has 29 heavy (non-hydrogen) atoms. The van der Waals surface area contributed by atoms with Crippen molar-refractivity contribution in [2.45, 2.75) is 24.5 Å². The SMILES string of the molecule is Nc1nc2c(nc(I)n2[C@@H]2O[C@H](COP(=O)(O)OP(=O)(O)O)[C@@H](O)[C@H]2O)c(=O)[nH]1. The Labute approximate surface area is 173 Å². The lowest BCUT2D eigenvalue weighted by atomic mass is 10.1. The zero-order valence-corrected chi connectivity index (χ0v) is 17.8. The van der Waals surface area contributed by atoms with Crippen molar-refractivity contribution in [3.63, 3.8) is 0 Å². The number of ether oxygens (including phenoxy) is 1. The molecule has 5 atom stereocenters. The number of nitrogens with two attached hydrogens (primary N) is 1. The van der Waals surface area contributed by atoms with Crippen LogP contribution in [0, 0.1) is 3.83 Å². The standard InChI is InChI=1S/C10H14IN5O11P2/c11-9-13-3-6(14-10(12)15-7(3)19)16(9)8-5(18)4(17)2(26-8)1-25-29(23,24)27-28(20,21)22/h2,4-5,8,17-18H,1H2,(H,23,24)(H2,20,21,22)(H3,12,14,15,19)/t2-,4-,5-,8-/m1/s1. The Morgan fingerprint density at radius 2 is 1.90 bits per heavy atom. The van der Waals surface area contributed by atoms with Crippen LogP contribution in [-0.4, -0.2) is 69.3 Å². The second kappa shape index (κ2) is 7.93. The molecule has 2 aromatic heterocycles. The number of H-pyrrole nitrogens is 1. The summed E-state index contributed by atoms with van der Waals surface area (Å²) < 4.78 is 37.0. The average molecular weight is 569 g/mol. The fourth-order valence-electron chi connectivity index (χ4n) is 2.61. The molecule has 8 N–H and O–H groups in total. The van der Waals surface area contributed by atoms with Gasteiger partial charge in [-0.3, -0.25) is 18.9 Å². The Morgan fingerprint density at radius 1 is 1.24 bits per heavy atom. The second-order valence-corrected chi connectivity index (χ2v) is 9.55. The summed E-state index contributed by atoms with van der Waals surface area (Å²) in [5.74, 6) is -0.233. The highest BCUT2D eigenvalue weighted by Gasteiger charge is 2.46. The molecule has 162 valence electrons. The van der Waals surface area contributed by atoms with Crippen LogP contribution in [-0.2, 0) is 22.7 Å². The van der Waals surface area contributed by atoms with E-state index in [1.54, 1.807) is 22.6 Å². The highest BCUT2D eigenvalue weighted by Crippen LogP contribution is 2.57. The molecule has 2 aromatic rings. The molecule has 0 amide bonds. The maximum absolute atomic E-state index is 12.0. The number of nitrogen functional groups attached to an aromatic ring is 1. The molecule has 19 heteroatoms. The first-order chi connectivity index (χ1) is 13.3. The average Bonchev–Trinajstić information content (AvgIpc) is 3.01. The Kier molecular flexibility index (Phi) is 6.21. The molecule has 1 unspecified atom stereocenters. The van der Waals surface area contributed by atoms with Crippen molar-refractivity contribution in [3.8, 4) is 0 Å². The van der Waals surface area contributed by atoms with E-state index in [4.69, 9.17) is 20.3 Å². The fourth-order valence-corrected chi connectivity index (χ4v) is 4.95. The third-order valence-electron chi connectivity index (χ3n) is 3.73. The van der Waals surface area contributed by atoms with Gasteiger partial charge < -0.3 is 35.4 Å². The van der Waals surface area contributed by atoms with Crippen LogP contribution in [0.2, 0.25) is 0 Å². The first-order valence-electron chi connectivity index (χ1n) is 7.48. The van der Waals surface area contributed by atoms with E-state index in [-0.39, 0.29) is 20.9 Å². The third-order valence-corrected chi connectivity index (χ3v) is 6.64. The lowest BCUT2D eigenvalue weighted by molar-refractivity contribution is -0.0514. The first kappa shape index (κ1) is 22.7. The highest BCUT2D eigenvalue weighted by atomic mass is 127. The van der Waals surface area contributed by atoms with Crippen LogP contribution in [0.4, 0.5) is 5.95 Å². The molecule has 16 nitrogen and oxygen atoms in total. The number of aliphatic hydroxyl groups excluding tert-OH is 2. The van der Waals surface area contributed by atoms with Crippen molar-refractivity contribution in [2.75, 3.05) is 12.3 Å². The fraction of sp³-hybridized carbons (Fsp3) is 0.500. The largest absolute Gasteiger partial charge is 0.481 e. The van der Waals surface area contributed by atoms with Crippen molar-refractivity contribution < 1.29 is 47.6 Å². The van der Waals surface area contributed by atoms with Gasteiger partial charge in [0.2, 0.25) is 5.95 Å². The van der Waals surface area contributed by atoms with Crippen molar-refractivity contribution in [3.05, 3.63) is 14.2 Å². The maximum Gasteiger partial charge on any atom is 0.481 e. The van der Waals surface area contributed by atoms with Gasteiger partial charge in [0.05, 0.1) is 6.61 Å². The molecule has 1 fully saturated rings. The second-order valence-electron chi connectivity index (χ2n) is 5.76. The van der Waals surface area contributed by atoms with Crippen molar-refractivity contribution in [2.24, 2.45) is 0 Å². The quantitative estimate of drug-likeness (QED) is 0.115. The lowest BCUT2D eigenvalue weighted by Gasteiger charge is -2.18. The molecule has 0 radical (unpaired) electrons. The van der Waals surface area contributed by atoms with Crippen LogP contribution < -0.4 is 11.3 Å². The van der Waals surface area contributed by atoms with Crippen molar-refractivity contribution in [1.82, 2.24) is 19.5 Å². The Morgan fingerprint density at radius 3 is 2.52 bits per heavy atom. The van der Waals surface area contributed by atoms with Crippen LogP contribution in [0.25, 0.3) is 11.2 Å². The summed E-state index contributed by atoms with van der Waals surface area (Å²) in [6, 6.07) is 0. The van der Waals surface area contributed by atoms with E-state index in [2.05, 4.69) is 23.8 Å². The topological polar surface area (TPSA) is 253 Å². The van der Waals surface area contributed by atoms with E-state index in [0.717, 1.165) is 0 Å². The van der Waals surface area contributed by atoms with E-state index >= 15 is 0 Å². The zero-order valence-electron chi connectivity index (χ0n) is 13.9. The summed E-state index contributed by atoms with van der Waals surface area (Å²) in [5, 5.41) is 20.5. The molecule has 0 bridgehead atoms. The van der Waals surface area contributed by atoms with Crippen molar-refractivity contribution >= 4 is 55.3 Å². The number of imidazole rings is 1. The monoisotopic (exact) mass is 569 g/mol. The number of aromatic amines is 1. The molecule has 3 rings (SSSR count). The minimum Gasteiger partial charge on any atom is -0.387 e. The van der Waals surface area contributed by atoms with E-state index in [1.165, 1.54) is 4.57 Å². The van der Waals surface area contributed by atoms with Gasteiger partial charge in [-0.2, -0.15) is 9.29 Å². The molecule has 3 heterocycles. The van der Waals surface area contributed by atoms with E-state index in [1.807, 2.05) is 0 Å². The number of fused-ring (bicyclic) bond motifs is 1. The number of aliphatic hydroxyl groups is 2. The van der Waals surface area contributed by atoms with E-state index < -0.39 is 52.4 Å². The van der Waals surface area contributed by atoms with Crippen LogP contribution in [0.15, 0.2) is 4.79 Å². The number of aromatic nitrogens is 4. The number of phosphoric acid groups is 2. The van der Waals surface area contributed by atoms with Crippen LogP contribution in [0.3, 0.4) is 0 Å². The number of nitrogens with one attached hydrogen (secondary N) is 1. The Hall–Kier alpha value is -0.980. The van der Waals surface area contributed by atoms with Gasteiger partial charge in [-0.1, -0.05) is 0 Å². The third kappa shape index (κ3) is 4.86. The predicted molar refractivity (Wildman–Crippen MR) is 100 cm³/mol. The molecule has 0 aromatic carbocycles. The van der Waals surface area contributed by atoms with E-state index in [9.17, 15) is 29.0 Å². The van der Waals surface area contributed by atoms with Crippen LogP contribution in [0.5, 0.6) is 0 Å². The maximum atomic E-state index is 12.0. The number of hydrogen-bond donors (Lipinski definition) is 7. The Balaban J connectivity index is 1.85. The summed E-state index contributed by atoms with van der Waals surface area (Å²) in [5.41, 5.74) is 4.71. The predicted octanol–water partition coefficient (Wildman–Crippen LogP) is -1.85. The van der Waals surface area contributed by atoms with Gasteiger partial charge in [-0.05, 0) is 0 Å². The van der Waals surface area contributed by atoms with Crippen LogP contribution in [0.1, 0.15) is 6.23 Å². The summed E-state index contributed by atoms with van der Waals surface area (Å²) in [6.45, 7) is -0.873. The zero-order chi connectivity index (χ0) is 21.7. The van der Waals surface area contributed by atoms with Gasteiger partial charge in [0.15, 0.2) is 21.2 Å². The minimum absolute atomic E-state index is 0.0499. The van der Waals surface area contributed by atoms with Gasteiger partial charge in [0.25, 0.3) is 5.56 Å². The Bertz CT molecular complexity index is 1080. The number of halogens is 1. The summed E-state index contributed by atoms with van der Waals surface area (Å²) in [4.78, 5) is 48.6. The number of phosphoric ester groups is 1. The summed E-state index contributed by atoms with van der Waals surface area (Å²) >= 11 is 1.73. The van der Waals surface area contributed by atoms with Gasteiger partial charge in [-0.15, -0.1) is 0 Å². The highest BCUT2D eigenvalue weighted by molar-refractivity contribution is 14.1.